The SMILES string of the molecule is Cc1cc(C)cc(OCCC(=O)Nc2ccc3c(ccn3CCN3CCOCC3)c2)c1. The molecular weight excluding hydrogens is 390 g/mol. The van der Waals surface area contributed by atoms with Gasteiger partial charge in [0.2, 0.25) is 5.91 Å². The number of morpholine rings is 1. The standard InChI is InChI=1S/C25H31N3O3/c1-19-15-20(2)17-23(16-19)31-12-6-25(29)26-22-3-4-24-21(18-22)5-7-28(24)9-8-27-10-13-30-14-11-27/h3-5,7,15-18H,6,8-14H2,1-2H3,(H,26,29). The molecule has 2 heterocycles. The van der Waals surface area contributed by atoms with Gasteiger partial charge < -0.3 is 19.4 Å². The molecule has 0 spiro atoms. The van der Waals surface area contributed by atoms with Crippen LogP contribution in [0.3, 0.4) is 0 Å². The second kappa shape index (κ2) is 9.98. The minimum absolute atomic E-state index is 0.0459. The monoisotopic (exact) mass is 421 g/mol. The molecule has 1 saturated heterocycles. The normalized spacial score (nSPS) is 14.6. The Bertz CT molecular complexity index is 1020. The molecule has 1 N–H and O–H groups in total. The second-order valence-electron chi connectivity index (χ2n) is 8.21. The van der Waals surface area contributed by atoms with Crippen molar-refractivity contribution in [3.63, 3.8) is 0 Å². The molecule has 2 aromatic carbocycles. The van der Waals surface area contributed by atoms with Crippen LogP contribution in [0.25, 0.3) is 10.9 Å². The van der Waals surface area contributed by atoms with Gasteiger partial charge in [0, 0.05) is 49.0 Å². The van der Waals surface area contributed by atoms with Gasteiger partial charge in [-0.3, -0.25) is 9.69 Å². The number of hydrogen-bond donors (Lipinski definition) is 1. The smallest absolute Gasteiger partial charge is 0.227 e. The third-order valence-electron chi connectivity index (χ3n) is 5.61. The van der Waals surface area contributed by atoms with Crippen molar-refractivity contribution in [1.82, 2.24) is 9.47 Å². The number of rotatable bonds is 8. The van der Waals surface area contributed by atoms with E-state index in [0.29, 0.717) is 13.0 Å². The maximum absolute atomic E-state index is 12.3. The van der Waals surface area contributed by atoms with Gasteiger partial charge in [-0.25, -0.2) is 0 Å². The summed E-state index contributed by atoms with van der Waals surface area (Å²) in [5, 5.41) is 4.12. The van der Waals surface area contributed by atoms with Gasteiger partial charge in [-0.2, -0.15) is 0 Å². The van der Waals surface area contributed by atoms with Crippen molar-refractivity contribution in [2.75, 3.05) is 44.8 Å². The zero-order valence-corrected chi connectivity index (χ0v) is 18.4. The highest BCUT2D eigenvalue weighted by atomic mass is 16.5. The highest BCUT2D eigenvalue weighted by Crippen LogP contribution is 2.21. The van der Waals surface area contributed by atoms with E-state index in [9.17, 15) is 4.79 Å². The number of nitrogens with zero attached hydrogens (tertiary/aromatic N) is 2. The molecule has 164 valence electrons. The molecule has 0 aliphatic carbocycles. The van der Waals surface area contributed by atoms with Crippen LogP contribution in [-0.4, -0.2) is 54.8 Å². The molecule has 6 heteroatoms. The molecule has 0 atom stereocenters. The number of amides is 1. The van der Waals surface area contributed by atoms with E-state index >= 15 is 0 Å². The van der Waals surface area contributed by atoms with Gasteiger partial charge in [0.1, 0.15) is 5.75 Å². The number of ether oxygens (including phenoxy) is 2. The van der Waals surface area contributed by atoms with Crippen molar-refractivity contribution in [3.8, 4) is 5.75 Å². The van der Waals surface area contributed by atoms with Crippen LogP contribution in [0.2, 0.25) is 0 Å². The second-order valence-corrected chi connectivity index (χ2v) is 8.21. The Labute approximate surface area is 183 Å². The third kappa shape index (κ3) is 5.87. The molecule has 6 nitrogen and oxygen atoms in total. The Balaban J connectivity index is 1.28. The molecule has 1 amide bonds. The number of carbonyl (C=O) groups excluding carboxylic acids is 1. The minimum atomic E-state index is -0.0459. The van der Waals surface area contributed by atoms with Crippen LogP contribution in [0.5, 0.6) is 5.75 Å². The van der Waals surface area contributed by atoms with E-state index in [1.54, 1.807) is 0 Å². The fraction of sp³-hybridized carbons (Fsp3) is 0.400. The number of anilines is 1. The predicted octanol–water partition coefficient (Wildman–Crippen LogP) is 4.00. The fourth-order valence-electron chi connectivity index (χ4n) is 4.05. The van der Waals surface area contributed by atoms with Crippen LogP contribution in [0.1, 0.15) is 17.5 Å². The molecule has 1 aliphatic rings. The number of fused-ring (bicyclic) bond motifs is 1. The highest BCUT2D eigenvalue weighted by Gasteiger charge is 2.11. The lowest BCUT2D eigenvalue weighted by atomic mass is 10.1. The van der Waals surface area contributed by atoms with E-state index in [2.05, 4.69) is 39.2 Å². The maximum Gasteiger partial charge on any atom is 0.227 e. The first kappa shape index (κ1) is 21.4. The van der Waals surface area contributed by atoms with Crippen molar-refractivity contribution in [2.24, 2.45) is 0 Å². The number of nitrogens with one attached hydrogen (secondary N) is 1. The van der Waals surface area contributed by atoms with Crippen molar-refractivity contribution in [2.45, 2.75) is 26.8 Å². The van der Waals surface area contributed by atoms with Crippen LogP contribution in [0.4, 0.5) is 5.69 Å². The molecule has 3 aromatic rings. The Morgan fingerprint density at radius 3 is 2.58 bits per heavy atom. The van der Waals surface area contributed by atoms with E-state index in [4.69, 9.17) is 9.47 Å². The summed E-state index contributed by atoms with van der Waals surface area (Å²) in [6, 6.07) is 14.3. The van der Waals surface area contributed by atoms with Crippen molar-refractivity contribution in [3.05, 3.63) is 59.8 Å². The van der Waals surface area contributed by atoms with Gasteiger partial charge in [0.25, 0.3) is 0 Å². The first-order valence-corrected chi connectivity index (χ1v) is 11.0. The first-order chi connectivity index (χ1) is 15.1. The van der Waals surface area contributed by atoms with Crippen LogP contribution in [0.15, 0.2) is 48.7 Å². The summed E-state index contributed by atoms with van der Waals surface area (Å²) >= 11 is 0. The number of benzene rings is 2. The average Bonchev–Trinajstić information content (AvgIpc) is 3.14. The zero-order valence-electron chi connectivity index (χ0n) is 18.4. The fourth-order valence-corrected chi connectivity index (χ4v) is 4.05. The number of hydrogen-bond acceptors (Lipinski definition) is 4. The average molecular weight is 422 g/mol. The van der Waals surface area contributed by atoms with E-state index in [-0.39, 0.29) is 5.91 Å². The van der Waals surface area contributed by atoms with Crippen LogP contribution < -0.4 is 10.1 Å². The maximum atomic E-state index is 12.3. The molecule has 1 fully saturated rings. The molecule has 0 bridgehead atoms. The van der Waals surface area contributed by atoms with Crippen LogP contribution >= 0.6 is 0 Å². The van der Waals surface area contributed by atoms with E-state index < -0.39 is 0 Å². The van der Waals surface area contributed by atoms with E-state index in [1.165, 1.54) is 5.52 Å². The Hall–Kier alpha value is -2.83. The lowest BCUT2D eigenvalue weighted by Crippen LogP contribution is -2.38. The number of aryl methyl sites for hydroxylation is 2. The van der Waals surface area contributed by atoms with Gasteiger partial charge in [0.15, 0.2) is 0 Å². The zero-order chi connectivity index (χ0) is 21.6. The summed E-state index contributed by atoms with van der Waals surface area (Å²) < 4.78 is 13.4. The molecule has 1 aliphatic heterocycles. The lowest BCUT2D eigenvalue weighted by molar-refractivity contribution is -0.116. The molecule has 0 unspecified atom stereocenters. The van der Waals surface area contributed by atoms with E-state index in [1.807, 2.05) is 38.1 Å². The predicted molar refractivity (Wildman–Crippen MR) is 124 cm³/mol. The third-order valence-corrected chi connectivity index (χ3v) is 5.61. The summed E-state index contributed by atoms with van der Waals surface area (Å²) in [5.74, 6) is 0.764. The van der Waals surface area contributed by atoms with Crippen molar-refractivity contribution >= 4 is 22.5 Å². The molecular formula is C25H31N3O3. The Morgan fingerprint density at radius 2 is 1.81 bits per heavy atom. The Morgan fingerprint density at radius 1 is 1.03 bits per heavy atom. The number of aromatic nitrogens is 1. The minimum Gasteiger partial charge on any atom is -0.493 e. The van der Waals surface area contributed by atoms with Gasteiger partial charge in [-0.1, -0.05) is 6.07 Å². The first-order valence-electron chi connectivity index (χ1n) is 11.0. The van der Waals surface area contributed by atoms with Crippen molar-refractivity contribution in [1.29, 1.82) is 0 Å². The summed E-state index contributed by atoms with van der Waals surface area (Å²) in [6.45, 7) is 10.1. The van der Waals surface area contributed by atoms with E-state index in [0.717, 1.165) is 67.3 Å². The highest BCUT2D eigenvalue weighted by molar-refractivity contribution is 5.94. The lowest BCUT2D eigenvalue weighted by Gasteiger charge is -2.26. The van der Waals surface area contributed by atoms with Crippen LogP contribution in [-0.2, 0) is 16.1 Å². The largest absolute Gasteiger partial charge is 0.493 e. The summed E-state index contributed by atoms with van der Waals surface area (Å²) in [7, 11) is 0. The topological polar surface area (TPSA) is 55.7 Å². The van der Waals surface area contributed by atoms with Crippen LogP contribution in [0, 0.1) is 13.8 Å². The summed E-state index contributed by atoms with van der Waals surface area (Å²) in [4.78, 5) is 14.8. The van der Waals surface area contributed by atoms with Gasteiger partial charge in [0.05, 0.1) is 26.2 Å². The molecule has 4 rings (SSSR count). The summed E-state index contributed by atoms with van der Waals surface area (Å²) in [6.07, 6.45) is 2.43. The van der Waals surface area contributed by atoms with Gasteiger partial charge >= 0.3 is 0 Å². The summed E-state index contributed by atoms with van der Waals surface area (Å²) in [5.41, 5.74) is 4.31. The van der Waals surface area contributed by atoms with Gasteiger partial charge in [-0.05, 0) is 61.4 Å². The molecule has 1 aromatic heterocycles. The number of carbonyl (C=O) groups is 1. The van der Waals surface area contributed by atoms with Crippen molar-refractivity contribution < 1.29 is 14.3 Å². The quantitative estimate of drug-likeness (QED) is 0.597. The van der Waals surface area contributed by atoms with Gasteiger partial charge in [-0.15, -0.1) is 0 Å². The molecule has 0 saturated carbocycles. The Kier molecular flexibility index (Phi) is 6.89. The molecule has 31 heavy (non-hydrogen) atoms. The molecule has 0 radical (unpaired) electrons.